The zero-order valence-corrected chi connectivity index (χ0v) is 14.7. The maximum absolute atomic E-state index is 12.7. The molecule has 0 aromatic heterocycles. The zero-order chi connectivity index (χ0) is 18.8. The van der Waals surface area contributed by atoms with Crippen LogP contribution in [0.2, 0.25) is 0 Å². The molecule has 2 aliphatic rings. The van der Waals surface area contributed by atoms with Gasteiger partial charge in [-0.25, -0.2) is 0 Å². The Morgan fingerprint density at radius 1 is 1.15 bits per heavy atom. The molecule has 7 heteroatoms. The summed E-state index contributed by atoms with van der Waals surface area (Å²) in [7, 11) is 0. The lowest BCUT2D eigenvalue weighted by Gasteiger charge is -2.29. The van der Waals surface area contributed by atoms with E-state index in [4.69, 9.17) is 5.11 Å². The Labute approximate surface area is 151 Å². The fourth-order valence-corrected chi connectivity index (χ4v) is 3.69. The second kappa shape index (κ2) is 7.27. The summed E-state index contributed by atoms with van der Waals surface area (Å²) in [6.45, 7) is 1.60. The van der Waals surface area contributed by atoms with Gasteiger partial charge in [-0.15, -0.1) is 0 Å². The van der Waals surface area contributed by atoms with E-state index in [9.17, 15) is 19.2 Å². The molecule has 1 heterocycles. The van der Waals surface area contributed by atoms with Crippen LogP contribution in [0, 0.1) is 0 Å². The highest BCUT2D eigenvalue weighted by Gasteiger charge is 2.40. The van der Waals surface area contributed by atoms with E-state index in [0.29, 0.717) is 5.56 Å². The zero-order valence-electron chi connectivity index (χ0n) is 14.7. The maximum Gasteiger partial charge on any atom is 0.305 e. The summed E-state index contributed by atoms with van der Waals surface area (Å²) < 4.78 is 0. The molecule has 1 aromatic carbocycles. The van der Waals surface area contributed by atoms with Gasteiger partial charge < -0.3 is 10.4 Å². The summed E-state index contributed by atoms with van der Waals surface area (Å²) in [6.07, 6.45) is 4.60. The van der Waals surface area contributed by atoms with Crippen LogP contribution < -0.4 is 5.32 Å². The van der Waals surface area contributed by atoms with Gasteiger partial charge in [0.25, 0.3) is 17.7 Å². The summed E-state index contributed by atoms with van der Waals surface area (Å²) >= 11 is 0. The summed E-state index contributed by atoms with van der Waals surface area (Å²) in [5.41, 5.74) is 0.822. The Morgan fingerprint density at radius 3 is 2.46 bits per heavy atom. The number of carboxylic acid groups (broad SMARTS) is 1. The van der Waals surface area contributed by atoms with Crippen molar-refractivity contribution in [3.05, 3.63) is 34.9 Å². The molecule has 1 aromatic rings. The predicted octanol–water partition coefficient (Wildman–Crippen LogP) is 2.21. The minimum absolute atomic E-state index is 0.0657. The van der Waals surface area contributed by atoms with E-state index in [0.717, 1.165) is 32.1 Å². The van der Waals surface area contributed by atoms with Crippen molar-refractivity contribution in [1.82, 2.24) is 10.2 Å². The van der Waals surface area contributed by atoms with Gasteiger partial charge >= 0.3 is 5.97 Å². The van der Waals surface area contributed by atoms with Gasteiger partial charge in [0.1, 0.15) is 0 Å². The Balaban J connectivity index is 1.78. The van der Waals surface area contributed by atoms with Gasteiger partial charge in [-0.1, -0.05) is 19.3 Å². The Hall–Kier alpha value is -2.70. The van der Waals surface area contributed by atoms with Crippen LogP contribution in [0.25, 0.3) is 0 Å². The highest BCUT2D eigenvalue weighted by Crippen LogP contribution is 2.31. The fourth-order valence-electron chi connectivity index (χ4n) is 3.69. The van der Waals surface area contributed by atoms with Crippen molar-refractivity contribution in [2.24, 2.45) is 0 Å². The predicted molar refractivity (Wildman–Crippen MR) is 93.0 cm³/mol. The second-order valence-electron chi connectivity index (χ2n) is 7.00. The van der Waals surface area contributed by atoms with E-state index < -0.39 is 17.9 Å². The molecule has 3 amide bonds. The van der Waals surface area contributed by atoms with Crippen molar-refractivity contribution < 1.29 is 24.3 Å². The molecular formula is C19H22N2O5. The van der Waals surface area contributed by atoms with Crippen LogP contribution in [0.4, 0.5) is 0 Å². The van der Waals surface area contributed by atoms with Crippen molar-refractivity contribution in [2.45, 2.75) is 57.5 Å². The SMILES string of the molecule is CC(CC(=O)O)NC(=O)c1ccc2c(c1)C(=O)N(C1CCCCC1)C2=O. The number of hydrogen-bond donors (Lipinski definition) is 2. The van der Waals surface area contributed by atoms with Crippen LogP contribution in [-0.4, -0.2) is 45.8 Å². The first-order chi connectivity index (χ1) is 12.4. The van der Waals surface area contributed by atoms with E-state index in [1.807, 2.05) is 0 Å². The molecule has 2 N–H and O–H groups in total. The highest BCUT2D eigenvalue weighted by atomic mass is 16.4. The lowest BCUT2D eigenvalue weighted by Crippen LogP contribution is -2.40. The fraction of sp³-hybridized carbons (Fsp3) is 0.474. The van der Waals surface area contributed by atoms with Crippen LogP contribution in [0.15, 0.2) is 18.2 Å². The van der Waals surface area contributed by atoms with Crippen molar-refractivity contribution in [2.75, 3.05) is 0 Å². The molecule has 7 nitrogen and oxygen atoms in total. The number of hydrogen-bond acceptors (Lipinski definition) is 4. The van der Waals surface area contributed by atoms with Crippen molar-refractivity contribution in [3.63, 3.8) is 0 Å². The molecule has 1 fully saturated rings. The van der Waals surface area contributed by atoms with Gasteiger partial charge in [-0.3, -0.25) is 24.1 Å². The van der Waals surface area contributed by atoms with E-state index >= 15 is 0 Å². The number of amides is 3. The monoisotopic (exact) mass is 358 g/mol. The molecule has 0 saturated heterocycles. The third-order valence-electron chi connectivity index (χ3n) is 4.98. The van der Waals surface area contributed by atoms with Crippen LogP contribution >= 0.6 is 0 Å². The number of carbonyl (C=O) groups excluding carboxylic acids is 3. The number of aliphatic carboxylic acids is 1. The smallest absolute Gasteiger partial charge is 0.305 e. The lowest BCUT2D eigenvalue weighted by molar-refractivity contribution is -0.137. The summed E-state index contributed by atoms with van der Waals surface area (Å²) in [4.78, 5) is 49.7. The van der Waals surface area contributed by atoms with E-state index in [-0.39, 0.29) is 35.4 Å². The number of carbonyl (C=O) groups is 4. The summed E-state index contributed by atoms with van der Waals surface area (Å²) in [5.74, 6) is -2.10. The average Bonchev–Trinajstić information content (AvgIpc) is 2.85. The first-order valence-electron chi connectivity index (χ1n) is 8.93. The van der Waals surface area contributed by atoms with Crippen molar-refractivity contribution in [1.29, 1.82) is 0 Å². The van der Waals surface area contributed by atoms with Gasteiger partial charge in [0.15, 0.2) is 0 Å². The number of carboxylic acids is 1. The van der Waals surface area contributed by atoms with Gasteiger partial charge in [0.05, 0.1) is 17.5 Å². The van der Waals surface area contributed by atoms with Crippen molar-refractivity contribution in [3.8, 4) is 0 Å². The van der Waals surface area contributed by atoms with Crippen LogP contribution in [0.5, 0.6) is 0 Å². The van der Waals surface area contributed by atoms with E-state index in [1.165, 1.54) is 23.1 Å². The molecular weight excluding hydrogens is 336 g/mol. The molecule has 1 saturated carbocycles. The Morgan fingerprint density at radius 2 is 1.81 bits per heavy atom. The molecule has 1 aliphatic heterocycles. The van der Waals surface area contributed by atoms with E-state index in [2.05, 4.69) is 5.32 Å². The van der Waals surface area contributed by atoms with Crippen LogP contribution in [-0.2, 0) is 4.79 Å². The Bertz CT molecular complexity index is 767. The summed E-state index contributed by atoms with van der Waals surface area (Å²) in [6, 6.07) is 3.83. The molecule has 1 unspecified atom stereocenters. The molecule has 138 valence electrons. The minimum atomic E-state index is -1.00. The number of nitrogens with one attached hydrogen (secondary N) is 1. The number of benzene rings is 1. The Kier molecular flexibility index (Phi) is 5.06. The number of nitrogens with zero attached hydrogens (tertiary/aromatic N) is 1. The quantitative estimate of drug-likeness (QED) is 0.786. The number of fused-ring (bicyclic) bond motifs is 1. The normalized spacial score (nSPS) is 18.6. The van der Waals surface area contributed by atoms with Gasteiger partial charge in [0, 0.05) is 17.6 Å². The van der Waals surface area contributed by atoms with Gasteiger partial charge in [0.2, 0.25) is 0 Å². The molecule has 0 radical (unpaired) electrons. The maximum atomic E-state index is 12.7. The van der Waals surface area contributed by atoms with Crippen LogP contribution in [0.3, 0.4) is 0 Å². The highest BCUT2D eigenvalue weighted by molar-refractivity contribution is 6.22. The first-order valence-corrected chi connectivity index (χ1v) is 8.93. The molecule has 1 aliphatic carbocycles. The van der Waals surface area contributed by atoms with Gasteiger partial charge in [-0.2, -0.15) is 0 Å². The molecule has 3 rings (SSSR count). The molecule has 0 bridgehead atoms. The third-order valence-corrected chi connectivity index (χ3v) is 4.98. The third kappa shape index (κ3) is 3.47. The standard InChI is InChI=1S/C19H22N2O5/c1-11(9-16(22)23)20-17(24)12-7-8-14-15(10-12)19(26)21(18(14)25)13-5-3-2-4-6-13/h7-8,10-11,13H,2-6,9H2,1H3,(H,20,24)(H,22,23). The minimum Gasteiger partial charge on any atom is -0.481 e. The second-order valence-corrected chi connectivity index (χ2v) is 7.00. The van der Waals surface area contributed by atoms with E-state index in [1.54, 1.807) is 6.92 Å². The average molecular weight is 358 g/mol. The lowest BCUT2D eigenvalue weighted by atomic mass is 9.94. The van der Waals surface area contributed by atoms with Gasteiger partial charge in [-0.05, 0) is 38.0 Å². The topological polar surface area (TPSA) is 104 Å². The molecule has 0 spiro atoms. The van der Waals surface area contributed by atoms with Crippen LogP contribution in [0.1, 0.15) is 76.5 Å². The molecule has 26 heavy (non-hydrogen) atoms. The number of rotatable bonds is 5. The largest absolute Gasteiger partial charge is 0.481 e. The number of imide groups is 1. The molecule has 1 atom stereocenters. The first kappa shape index (κ1) is 18.1. The van der Waals surface area contributed by atoms with Crippen molar-refractivity contribution >= 4 is 23.7 Å². The summed E-state index contributed by atoms with van der Waals surface area (Å²) in [5, 5.41) is 11.4.